The van der Waals surface area contributed by atoms with E-state index in [1.54, 1.807) is 12.1 Å². The summed E-state index contributed by atoms with van der Waals surface area (Å²) in [7, 11) is -1.36. The van der Waals surface area contributed by atoms with Crippen LogP contribution in [-0.4, -0.2) is 40.6 Å². The third-order valence-electron chi connectivity index (χ3n) is 4.80. The van der Waals surface area contributed by atoms with Crippen LogP contribution < -0.4 is 4.72 Å². The number of aryl methyl sites for hydroxylation is 1. The van der Waals surface area contributed by atoms with Crippen molar-refractivity contribution in [3.05, 3.63) is 29.8 Å². The molecule has 0 spiro atoms. The number of nitrogens with one attached hydrogen (secondary N) is 1. The number of carbonyl (C=O) groups is 2. The van der Waals surface area contributed by atoms with E-state index in [2.05, 4.69) is 4.72 Å². The minimum Gasteiger partial charge on any atom is -0.468 e. The molecule has 1 N–H and O–H groups in total. The second-order valence-electron chi connectivity index (χ2n) is 6.51. The zero-order chi connectivity index (χ0) is 19.3. The van der Waals surface area contributed by atoms with Gasteiger partial charge in [-0.05, 0) is 37.8 Å². The highest BCUT2D eigenvalue weighted by Gasteiger charge is 2.43. The molecule has 7 nitrogen and oxygen atoms in total. The number of sulfonamides is 1. The Balaban J connectivity index is 2.28. The van der Waals surface area contributed by atoms with Gasteiger partial charge in [-0.3, -0.25) is 9.59 Å². The van der Waals surface area contributed by atoms with Crippen LogP contribution in [0.2, 0.25) is 0 Å². The van der Waals surface area contributed by atoms with E-state index in [1.807, 2.05) is 6.92 Å². The molecular weight excluding hydrogens is 358 g/mol. The van der Waals surface area contributed by atoms with Gasteiger partial charge in [-0.25, -0.2) is 13.1 Å². The van der Waals surface area contributed by atoms with Gasteiger partial charge in [0.05, 0.1) is 19.1 Å². The van der Waals surface area contributed by atoms with Gasteiger partial charge in [-0.1, -0.05) is 30.5 Å². The molecule has 0 heterocycles. The van der Waals surface area contributed by atoms with Crippen LogP contribution in [0, 0.1) is 18.8 Å². The Morgan fingerprint density at radius 1 is 1.04 bits per heavy atom. The third-order valence-corrected chi connectivity index (χ3v) is 6.30. The molecule has 1 aliphatic rings. The number of rotatable bonds is 6. The summed E-state index contributed by atoms with van der Waals surface area (Å²) >= 11 is 0. The Kier molecular flexibility index (Phi) is 6.77. The Morgan fingerprint density at radius 3 is 2.12 bits per heavy atom. The molecule has 1 aliphatic carbocycles. The Labute approximate surface area is 154 Å². The van der Waals surface area contributed by atoms with Gasteiger partial charge in [0.1, 0.15) is 0 Å². The molecule has 1 aromatic rings. The molecule has 1 aromatic carbocycles. The van der Waals surface area contributed by atoms with Gasteiger partial charge >= 0.3 is 11.9 Å². The standard InChI is InChI=1S/C18H25NO6S/c1-12-8-10-13(11-9-12)26(22,23)19-15-7-5-4-6-14(15)16(17(20)24-2)18(21)25-3/h8-11,14-16,19H,4-7H2,1-3H3. The molecule has 1 fully saturated rings. The SMILES string of the molecule is COC(=O)C(C(=O)OC)C1CCCCC1NS(=O)(=O)c1ccc(C)cc1. The lowest BCUT2D eigenvalue weighted by molar-refractivity contribution is -0.162. The first-order valence-corrected chi connectivity index (χ1v) is 10.0. The predicted octanol–water partition coefficient (Wildman–Crippen LogP) is 1.79. The van der Waals surface area contributed by atoms with Crippen molar-refractivity contribution in [2.45, 2.75) is 43.5 Å². The van der Waals surface area contributed by atoms with Crippen LogP contribution in [0.15, 0.2) is 29.2 Å². The first-order chi connectivity index (χ1) is 12.3. The summed E-state index contributed by atoms with van der Waals surface area (Å²) in [4.78, 5) is 24.4. The highest BCUT2D eigenvalue weighted by molar-refractivity contribution is 7.89. The number of methoxy groups -OCH3 is 2. The lowest BCUT2D eigenvalue weighted by atomic mass is 9.76. The summed E-state index contributed by atoms with van der Waals surface area (Å²) in [6.45, 7) is 1.87. The summed E-state index contributed by atoms with van der Waals surface area (Å²) in [5.74, 6) is -3.06. The average Bonchev–Trinajstić information content (AvgIpc) is 2.63. The molecule has 0 amide bonds. The number of benzene rings is 1. The first-order valence-electron chi connectivity index (χ1n) is 8.55. The van der Waals surface area contributed by atoms with E-state index in [-0.39, 0.29) is 4.90 Å². The molecule has 2 atom stereocenters. The highest BCUT2D eigenvalue weighted by Crippen LogP contribution is 2.33. The van der Waals surface area contributed by atoms with Gasteiger partial charge in [0.15, 0.2) is 5.92 Å². The number of esters is 2. The minimum atomic E-state index is -3.76. The molecule has 8 heteroatoms. The van der Waals surface area contributed by atoms with Crippen molar-refractivity contribution in [1.29, 1.82) is 0 Å². The zero-order valence-corrected chi connectivity index (χ0v) is 16.0. The van der Waals surface area contributed by atoms with Gasteiger partial charge in [0, 0.05) is 6.04 Å². The molecule has 2 rings (SSSR count). The third kappa shape index (κ3) is 4.62. The normalized spacial score (nSPS) is 20.6. The van der Waals surface area contributed by atoms with E-state index in [0.717, 1.165) is 18.4 Å². The van der Waals surface area contributed by atoms with Crippen molar-refractivity contribution in [2.24, 2.45) is 11.8 Å². The van der Waals surface area contributed by atoms with Crippen LogP contribution in [0.1, 0.15) is 31.2 Å². The fourth-order valence-electron chi connectivity index (χ4n) is 3.39. The molecule has 2 unspecified atom stereocenters. The number of hydrogen-bond donors (Lipinski definition) is 1. The van der Waals surface area contributed by atoms with E-state index in [0.29, 0.717) is 12.8 Å². The van der Waals surface area contributed by atoms with Crippen molar-refractivity contribution >= 4 is 22.0 Å². The molecule has 1 saturated carbocycles. The second kappa shape index (κ2) is 8.64. The Morgan fingerprint density at radius 2 is 1.58 bits per heavy atom. The molecule has 0 aromatic heterocycles. The maximum atomic E-state index is 12.7. The molecule has 0 bridgehead atoms. The lowest BCUT2D eigenvalue weighted by Crippen LogP contribution is -2.48. The average molecular weight is 383 g/mol. The van der Waals surface area contributed by atoms with Crippen molar-refractivity contribution in [1.82, 2.24) is 4.72 Å². The van der Waals surface area contributed by atoms with Gasteiger partial charge in [0.25, 0.3) is 0 Å². The number of hydrogen-bond acceptors (Lipinski definition) is 6. The topological polar surface area (TPSA) is 98.8 Å². The first kappa shape index (κ1) is 20.4. The van der Waals surface area contributed by atoms with E-state index in [9.17, 15) is 18.0 Å². The van der Waals surface area contributed by atoms with Crippen LogP contribution in [0.4, 0.5) is 0 Å². The molecule has 144 valence electrons. The van der Waals surface area contributed by atoms with Crippen molar-refractivity contribution < 1.29 is 27.5 Å². The van der Waals surface area contributed by atoms with E-state index < -0.39 is 39.8 Å². The summed E-state index contributed by atoms with van der Waals surface area (Å²) in [5.41, 5.74) is 0.955. The summed E-state index contributed by atoms with van der Waals surface area (Å²) in [6, 6.07) is 5.97. The quantitative estimate of drug-likeness (QED) is 0.594. The monoisotopic (exact) mass is 383 g/mol. The fraction of sp³-hybridized carbons (Fsp3) is 0.556. The van der Waals surface area contributed by atoms with Gasteiger partial charge in [-0.2, -0.15) is 0 Å². The van der Waals surface area contributed by atoms with Crippen LogP contribution in [0.3, 0.4) is 0 Å². The highest BCUT2D eigenvalue weighted by atomic mass is 32.2. The Hall–Kier alpha value is -1.93. The van der Waals surface area contributed by atoms with Gasteiger partial charge in [0.2, 0.25) is 10.0 Å². The molecule has 26 heavy (non-hydrogen) atoms. The smallest absolute Gasteiger partial charge is 0.320 e. The molecule has 0 aliphatic heterocycles. The van der Waals surface area contributed by atoms with E-state index in [4.69, 9.17) is 9.47 Å². The zero-order valence-electron chi connectivity index (χ0n) is 15.2. The van der Waals surface area contributed by atoms with E-state index >= 15 is 0 Å². The summed E-state index contributed by atoms with van der Waals surface area (Å²) in [6.07, 6.45) is 2.70. The predicted molar refractivity (Wildman–Crippen MR) is 94.8 cm³/mol. The van der Waals surface area contributed by atoms with Crippen molar-refractivity contribution in [3.63, 3.8) is 0 Å². The second-order valence-corrected chi connectivity index (χ2v) is 8.23. The number of carbonyl (C=O) groups excluding carboxylic acids is 2. The van der Waals surface area contributed by atoms with Crippen LogP contribution in [0.5, 0.6) is 0 Å². The minimum absolute atomic E-state index is 0.153. The maximum absolute atomic E-state index is 12.7. The summed E-state index contributed by atoms with van der Waals surface area (Å²) in [5, 5.41) is 0. The molecule has 0 radical (unpaired) electrons. The van der Waals surface area contributed by atoms with Gasteiger partial charge in [-0.15, -0.1) is 0 Å². The van der Waals surface area contributed by atoms with Crippen molar-refractivity contribution in [3.8, 4) is 0 Å². The maximum Gasteiger partial charge on any atom is 0.320 e. The lowest BCUT2D eigenvalue weighted by Gasteiger charge is -2.34. The molecular formula is C18H25NO6S. The fourth-order valence-corrected chi connectivity index (χ4v) is 4.71. The van der Waals surface area contributed by atoms with Crippen LogP contribution in [0.25, 0.3) is 0 Å². The van der Waals surface area contributed by atoms with Gasteiger partial charge < -0.3 is 9.47 Å². The van der Waals surface area contributed by atoms with Crippen LogP contribution >= 0.6 is 0 Å². The van der Waals surface area contributed by atoms with Crippen LogP contribution in [-0.2, 0) is 29.1 Å². The molecule has 0 saturated heterocycles. The van der Waals surface area contributed by atoms with E-state index in [1.165, 1.54) is 26.4 Å². The number of ether oxygens (including phenoxy) is 2. The summed E-state index contributed by atoms with van der Waals surface area (Å²) < 4.78 is 37.6. The largest absolute Gasteiger partial charge is 0.468 e. The Bertz CT molecular complexity index is 727. The van der Waals surface area contributed by atoms with Crippen molar-refractivity contribution in [2.75, 3.05) is 14.2 Å².